The molecule has 3 aromatic heterocycles. The molecule has 4 aliphatic rings. The van der Waals surface area contributed by atoms with Crippen molar-refractivity contribution < 1.29 is 4.74 Å². The van der Waals surface area contributed by atoms with Crippen molar-refractivity contribution in [1.29, 1.82) is 0 Å². The Balaban J connectivity index is 1.19. The minimum absolute atomic E-state index is 0.108. The number of ether oxygens (including phenoxy) is 1. The molecule has 3 N–H and O–H groups in total. The van der Waals surface area contributed by atoms with E-state index in [1.54, 1.807) is 0 Å². The van der Waals surface area contributed by atoms with Gasteiger partial charge in [0.2, 0.25) is 0 Å². The fraction of sp³-hybridized carbons (Fsp3) is 0.371. The number of aromatic amines is 2. The second-order valence-electron chi connectivity index (χ2n) is 12.2. The highest BCUT2D eigenvalue weighted by molar-refractivity contribution is 5.91. The van der Waals surface area contributed by atoms with Crippen LogP contribution >= 0.6 is 0 Å². The van der Waals surface area contributed by atoms with Crippen molar-refractivity contribution in [3.8, 4) is 11.3 Å². The lowest BCUT2D eigenvalue weighted by Crippen LogP contribution is -2.27. The molecule has 2 aliphatic carbocycles. The Kier molecular flexibility index (Phi) is 6.29. The highest BCUT2D eigenvalue weighted by Crippen LogP contribution is 2.47. The van der Waals surface area contributed by atoms with Gasteiger partial charge in [-0.3, -0.25) is 0 Å². The average Bonchev–Trinajstić information content (AvgIpc) is 3.85. The number of rotatable bonds is 6. The standard InChI is InChI=1S/C35H38N6O/c1-3-21(2)33-37-19-28(39-33)23-12-14-30-25(16-23)17-31-26-13-11-24(29-20-38-34(40-29)27-10-7-15-36-27)18-32(26)42-35(41(30)31)22-8-5-4-6-9-22/h4-6,8,12,14,16-22,27,35-36H,3,7,9-11,13,15H2,1-2H3,(H,37,39)(H,38,40). The molecule has 0 radical (unpaired) electrons. The summed E-state index contributed by atoms with van der Waals surface area (Å²) in [5.41, 5.74) is 8.40. The molecule has 7 heteroatoms. The Hall–Kier alpha value is -4.10. The minimum atomic E-state index is -0.108. The first-order valence-electron chi connectivity index (χ1n) is 15.6. The predicted octanol–water partition coefficient (Wildman–Crippen LogP) is 7.94. The summed E-state index contributed by atoms with van der Waals surface area (Å²) in [6, 6.07) is 9.49. The molecule has 0 saturated carbocycles. The van der Waals surface area contributed by atoms with E-state index in [0.717, 1.165) is 73.0 Å². The van der Waals surface area contributed by atoms with Crippen molar-refractivity contribution in [1.82, 2.24) is 29.8 Å². The van der Waals surface area contributed by atoms with Crippen LogP contribution in [0.5, 0.6) is 0 Å². The van der Waals surface area contributed by atoms with E-state index in [2.05, 4.69) is 93.3 Å². The van der Waals surface area contributed by atoms with Crippen molar-refractivity contribution in [3.63, 3.8) is 0 Å². The smallest absolute Gasteiger partial charge is 0.183 e. The SMILES string of the molecule is CCC(C)c1ncc(-c2ccc3c(c2)cc2n3C(C3C=CC=CC3)OC3=C2CCC(c2cnc(C4CCCN4)[nH]2)=C3)[nH]1. The third kappa shape index (κ3) is 4.29. The Bertz CT molecular complexity index is 1770. The lowest BCUT2D eigenvalue weighted by molar-refractivity contribution is 0.0252. The topological polar surface area (TPSA) is 83.5 Å². The molecule has 8 rings (SSSR count). The first-order valence-corrected chi connectivity index (χ1v) is 15.6. The van der Waals surface area contributed by atoms with Crippen LogP contribution < -0.4 is 5.32 Å². The third-order valence-electron chi connectivity index (χ3n) is 9.59. The van der Waals surface area contributed by atoms with Crippen LogP contribution in [0.4, 0.5) is 0 Å². The van der Waals surface area contributed by atoms with Gasteiger partial charge in [-0.2, -0.15) is 0 Å². The van der Waals surface area contributed by atoms with Crippen molar-refractivity contribution >= 4 is 22.0 Å². The first-order chi connectivity index (χ1) is 20.7. The van der Waals surface area contributed by atoms with Crippen molar-refractivity contribution in [2.24, 2.45) is 5.92 Å². The molecule has 1 saturated heterocycles. The van der Waals surface area contributed by atoms with E-state index in [1.807, 2.05) is 12.4 Å². The van der Waals surface area contributed by atoms with E-state index in [0.29, 0.717) is 12.0 Å². The van der Waals surface area contributed by atoms with Crippen molar-refractivity contribution in [2.75, 3.05) is 6.54 Å². The van der Waals surface area contributed by atoms with E-state index in [-0.39, 0.29) is 12.1 Å². The number of fused-ring (bicyclic) bond motifs is 4. The van der Waals surface area contributed by atoms with E-state index < -0.39 is 0 Å². The maximum atomic E-state index is 6.96. The number of aromatic nitrogens is 5. The van der Waals surface area contributed by atoms with E-state index in [4.69, 9.17) is 9.72 Å². The maximum Gasteiger partial charge on any atom is 0.183 e. The number of hydrogen-bond donors (Lipinski definition) is 3. The fourth-order valence-corrected chi connectivity index (χ4v) is 6.98. The number of imidazole rings is 2. The molecule has 4 unspecified atom stereocenters. The molecular formula is C35H38N6O. The molecule has 0 spiro atoms. The number of nitrogens with zero attached hydrogens (tertiary/aromatic N) is 3. The van der Waals surface area contributed by atoms with Crippen LogP contribution in [0, 0.1) is 5.92 Å². The Morgan fingerprint density at radius 1 is 1.07 bits per heavy atom. The average molecular weight is 559 g/mol. The zero-order valence-corrected chi connectivity index (χ0v) is 24.4. The zero-order chi connectivity index (χ0) is 28.2. The summed E-state index contributed by atoms with van der Waals surface area (Å²) in [5, 5.41) is 4.79. The van der Waals surface area contributed by atoms with Crippen LogP contribution in [-0.4, -0.2) is 31.0 Å². The number of allylic oxidation sites excluding steroid dienone is 6. The summed E-state index contributed by atoms with van der Waals surface area (Å²) in [4.78, 5) is 16.6. The molecule has 1 fully saturated rings. The van der Waals surface area contributed by atoms with Gasteiger partial charge in [0, 0.05) is 28.4 Å². The molecule has 5 heterocycles. The van der Waals surface area contributed by atoms with Gasteiger partial charge in [0.05, 0.1) is 41.0 Å². The zero-order valence-electron chi connectivity index (χ0n) is 24.4. The van der Waals surface area contributed by atoms with Gasteiger partial charge in [-0.1, -0.05) is 44.2 Å². The largest absolute Gasteiger partial charge is 0.469 e. The Morgan fingerprint density at radius 3 is 2.83 bits per heavy atom. The first kappa shape index (κ1) is 25.6. The number of H-pyrrole nitrogens is 2. The van der Waals surface area contributed by atoms with Crippen LogP contribution in [0.25, 0.3) is 33.3 Å². The molecule has 42 heavy (non-hydrogen) atoms. The third-order valence-corrected chi connectivity index (χ3v) is 9.59. The Labute approximate surface area is 246 Å². The highest BCUT2D eigenvalue weighted by Gasteiger charge is 2.35. The van der Waals surface area contributed by atoms with Crippen LogP contribution in [0.15, 0.2) is 72.8 Å². The highest BCUT2D eigenvalue weighted by atomic mass is 16.5. The maximum absolute atomic E-state index is 6.96. The molecule has 1 aromatic carbocycles. The molecule has 7 nitrogen and oxygen atoms in total. The second-order valence-corrected chi connectivity index (χ2v) is 12.2. The molecule has 0 amide bonds. The van der Waals surface area contributed by atoms with E-state index in [1.165, 1.54) is 34.2 Å². The Morgan fingerprint density at radius 2 is 2.00 bits per heavy atom. The van der Waals surface area contributed by atoms with Gasteiger partial charge in [-0.05, 0) is 74.9 Å². The monoisotopic (exact) mass is 558 g/mol. The predicted molar refractivity (Wildman–Crippen MR) is 167 cm³/mol. The van der Waals surface area contributed by atoms with Crippen molar-refractivity contribution in [3.05, 3.63) is 95.8 Å². The molecule has 4 aromatic rings. The summed E-state index contributed by atoms with van der Waals surface area (Å²) >= 11 is 0. The lowest BCUT2D eigenvalue weighted by Gasteiger charge is -2.36. The van der Waals surface area contributed by atoms with Gasteiger partial charge >= 0.3 is 0 Å². The molecule has 2 aliphatic heterocycles. The van der Waals surface area contributed by atoms with Gasteiger partial charge in [0.1, 0.15) is 17.4 Å². The fourth-order valence-electron chi connectivity index (χ4n) is 6.98. The van der Waals surface area contributed by atoms with Crippen molar-refractivity contribution in [2.45, 2.75) is 70.6 Å². The van der Waals surface area contributed by atoms with Gasteiger partial charge in [-0.15, -0.1) is 0 Å². The van der Waals surface area contributed by atoms with Crippen LogP contribution in [0.3, 0.4) is 0 Å². The van der Waals surface area contributed by atoms with Gasteiger partial charge in [0.25, 0.3) is 0 Å². The molecule has 4 atom stereocenters. The van der Waals surface area contributed by atoms with Crippen LogP contribution in [0.1, 0.15) is 93.6 Å². The van der Waals surface area contributed by atoms with E-state index >= 15 is 0 Å². The summed E-state index contributed by atoms with van der Waals surface area (Å²) in [6.07, 6.45) is 21.2. The molecule has 0 bridgehead atoms. The minimum Gasteiger partial charge on any atom is -0.469 e. The quantitative estimate of drug-likeness (QED) is 0.224. The van der Waals surface area contributed by atoms with Gasteiger partial charge in [-0.25, -0.2) is 9.97 Å². The van der Waals surface area contributed by atoms with Crippen LogP contribution in [-0.2, 0) is 4.74 Å². The van der Waals surface area contributed by atoms with E-state index in [9.17, 15) is 0 Å². The second kappa shape index (κ2) is 10.3. The summed E-state index contributed by atoms with van der Waals surface area (Å²) in [5.74, 6) is 3.78. The molecule has 214 valence electrons. The summed E-state index contributed by atoms with van der Waals surface area (Å²) in [6.45, 7) is 5.49. The van der Waals surface area contributed by atoms with Crippen LogP contribution in [0.2, 0.25) is 0 Å². The molecular weight excluding hydrogens is 520 g/mol. The van der Waals surface area contributed by atoms with Gasteiger partial charge < -0.3 is 24.6 Å². The summed E-state index contributed by atoms with van der Waals surface area (Å²) in [7, 11) is 0. The van der Waals surface area contributed by atoms with Gasteiger partial charge in [0.15, 0.2) is 6.23 Å². The summed E-state index contributed by atoms with van der Waals surface area (Å²) < 4.78 is 9.40. The normalized spacial score (nSPS) is 24.0. The number of benzene rings is 1. The number of nitrogens with one attached hydrogen (secondary N) is 3. The number of hydrogen-bond acceptors (Lipinski definition) is 4. The lowest BCUT2D eigenvalue weighted by atomic mass is 9.91.